The van der Waals surface area contributed by atoms with E-state index in [2.05, 4.69) is 10.3 Å². The Morgan fingerprint density at radius 3 is 2.94 bits per heavy atom. The molecular formula is C11H11ClN2O2S. The zero-order valence-electron chi connectivity index (χ0n) is 9.11. The fourth-order valence-electron chi connectivity index (χ4n) is 1.34. The molecule has 0 amide bonds. The number of aromatic hydroxyl groups is 1. The first-order chi connectivity index (χ1) is 8.19. The van der Waals surface area contributed by atoms with Crippen LogP contribution in [0.2, 0.25) is 4.47 Å². The zero-order valence-corrected chi connectivity index (χ0v) is 10.7. The number of benzene rings is 1. The Labute approximate surface area is 108 Å². The van der Waals surface area contributed by atoms with E-state index in [-0.39, 0.29) is 5.75 Å². The van der Waals surface area contributed by atoms with Gasteiger partial charge in [0.05, 0.1) is 19.3 Å². The van der Waals surface area contributed by atoms with Crippen LogP contribution in [0.25, 0.3) is 0 Å². The van der Waals surface area contributed by atoms with Crippen molar-refractivity contribution in [2.75, 3.05) is 12.4 Å². The van der Waals surface area contributed by atoms with Crippen molar-refractivity contribution in [1.29, 1.82) is 0 Å². The van der Waals surface area contributed by atoms with Crippen molar-refractivity contribution in [2.45, 2.75) is 6.54 Å². The van der Waals surface area contributed by atoms with Crippen molar-refractivity contribution >= 4 is 28.6 Å². The van der Waals surface area contributed by atoms with Gasteiger partial charge < -0.3 is 15.2 Å². The van der Waals surface area contributed by atoms with Crippen LogP contribution in [0.1, 0.15) is 4.88 Å². The largest absolute Gasteiger partial charge is 0.506 e. The summed E-state index contributed by atoms with van der Waals surface area (Å²) in [7, 11) is 1.56. The van der Waals surface area contributed by atoms with Gasteiger partial charge in [-0.2, -0.15) is 0 Å². The van der Waals surface area contributed by atoms with Crippen molar-refractivity contribution in [3.63, 3.8) is 0 Å². The quantitative estimate of drug-likeness (QED) is 0.838. The number of phenolic OH excluding ortho intramolecular Hbond substituents is 1. The Morgan fingerprint density at radius 2 is 2.35 bits per heavy atom. The summed E-state index contributed by atoms with van der Waals surface area (Å²) < 4.78 is 5.52. The lowest BCUT2D eigenvalue weighted by atomic mass is 10.2. The molecule has 17 heavy (non-hydrogen) atoms. The predicted molar refractivity (Wildman–Crippen MR) is 69.1 cm³/mol. The molecule has 2 rings (SSSR count). The Kier molecular flexibility index (Phi) is 3.71. The normalized spacial score (nSPS) is 10.2. The van der Waals surface area contributed by atoms with E-state index in [0.717, 1.165) is 4.88 Å². The maximum Gasteiger partial charge on any atom is 0.183 e. The van der Waals surface area contributed by atoms with Gasteiger partial charge in [-0.3, -0.25) is 0 Å². The van der Waals surface area contributed by atoms with Crippen LogP contribution in [0.15, 0.2) is 24.4 Å². The van der Waals surface area contributed by atoms with Gasteiger partial charge >= 0.3 is 0 Å². The second-order valence-corrected chi connectivity index (χ2v) is 5.01. The highest BCUT2D eigenvalue weighted by Gasteiger charge is 2.04. The number of aromatic nitrogens is 1. The Balaban J connectivity index is 2.04. The minimum atomic E-state index is 0.153. The van der Waals surface area contributed by atoms with Crippen LogP contribution in [-0.2, 0) is 6.54 Å². The third-order valence-corrected chi connectivity index (χ3v) is 3.30. The molecule has 0 unspecified atom stereocenters. The molecule has 1 aromatic carbocycles. The van der Waals surface area contributed by atoms with Crippen LogP contribution in [0, 0.1) is 0 Å². The van der Waals surface area contributed by atoms with Crippen LogP contribution in [0.3, 0.4) is 0 Å². The van der Waals surface area contributed by atoms with E-state index in [9.17, 15) is 5.11 Å². The van der Waals surface area contributed by atoms with Crippen molar-refractivity contribution in [3.8, 4) is 11.5 Å². The third-order valence-electron chi connectivity index (χ3n) is 2.18. The molecule has 0 aliphatic carbocycles. The zero-order chi connectivity index (χ0) is 12.3. The molecule has 0 saturated heterocycles. The van der Waals surface area contributed by atoms with Gasteiger partial charge in [-0.25, -0.2) is 4.98 Å². The smallest absolute Gasteiger partial charge is 0.183 e. The summed E-state index contributed by atoms with van der Waals surface area (Å²) in [6, 6.07) is 5.10. The van der Waals surface area contributed by atoms with Crippen LogP contribution in [0.4, 0.5) is 5.69 Å². The number of ether oxygens (including phenoxy) is 1. The molecule has 2 N–H and O–H groups in total. The van der Waals surface area contributed by atoms with E-state index in [1.165, 1.54) is 11.3 Å². The lowest BCUT2D eigenvalue weighted by molar-refractivity contribution is 0.408. The van der Waals surface area contributed by atoms with E-state index in [4.69, 9.17) is 16.3 Å². The third kappa shape index (κ3) is 3.01. The maximum absolute atomic E-state index is 9.72. The summed E-state index contributed by atoms with van der Waals surface area (Å²) in [6.45, 7) is 0.574. The number of nitrogens with zero attached hydrogens (tertiary/aromatic N) is 1. The fourth-order valence-corrected chi connectivity index (χ4v) is 2.25. The molecule has 0 bridgehead atoms. The van der Waals surface area contributed by atoms with Crippen LogP contribution >= 0.6 is 22.9 Å². The standard InChI is InChI=1S/C11H11ClN2O2S/c1-16-7-2-3-9(10(15)4-7)13-5-8-6-14-11(12)17-8/h2-4,6,13,15H,5H2,1H3. The lowest BCUT2D eigenvalue weighted by Crippen LogP contribution is -1.97. The minimum absolute atomic E-state index is 0.153. The summed E-state index contributed by atoms with van der Waals surface area (Å²) >= 11 is 7.13. The van der Waals surface area contributed by atoms with E-state index >= 15 is 0 Å². The molecule has 6 heteroatoms. The van der Waals surface area contributed by atoms with E-state index < -0.39 is 0 Å². The Hall–Kier alpha value is -1.46. The molecule has 0 fully saturated rings. The number of methoxy groups -OCH3 is 1. The van der Waals surface area contributed by atoms with Crippen LogP contribution < -0.4 is 10.1 Å². The van der Waals surface area contributed by atoms with Crippen molar-refractivity contribution in [1.82, 2.24) is 4.98 Å². The molecule has 0 spiro atoms. The second-order valence-electron chi connectivity index (χ2n) is 3.32. The summed E-state index contributed by atoms with van der Waals surface area (Å²) in [6.07, 6.45) is 1.71. The Morgan fingerprint density at radius 1 is 1.53 bits per heavy atom. The topological polar surface area (TPSA) is 54.4 Å². The number of thiazole rings is 1. The van der Waals surface area contributed by atoms with E-state index in [1.807, 2.05) is 0 Å². The van der Waals surface area contributed by atoms with E-state index in [1.54, 1.807) is 31.5 Å². The first-order valence-electron chi connectivity index (χ1n) is 4.90. The van der Waals surface area contributed by atoms with Gasteiger partial charge in [0.2, 0.25) is 0 Å². The lowest BCUT2D eigenvalue weighted by Gasteiger charge is -2.08. The molecule has 0 atom stereocenters. The van der Waals surface area contributed by atoms with Gasteiger partial charge in [-0.15, -0.1) is 11.3 Å². The van der Waals surface area contributed by atoms with Crippen molar-refractivity contribution in [2.24, 2.45) is 0 Å². The average Bonchev–Trinajstić information content (AvgIpc) is 2.73. The highest BCUT2D eigenvalue weighted by molar-refractivity contribution is 7.15. The number of nitrogens with one attached hydrogen (secondary N) is 1. The van der Waals surface area contributed by atoms with E-state index in [0.29, 0.717) is 22.4 Å². The number of phenols is 1. The van der Waals surface area contributed by atoms with Crippen LogP contribution in [-0.4, -0.2) is 17.2 Å². The number of hydrogen-bond acceptors (Lipinski definition) is 5. The van der Waals surface area contributed by atoms with Gasteiger partial charge in [0.1, 0.15) is 11.5 Å². The number of rotatable bonds is 4. The highest BCUT2D eigenvalue weighted by Crippen LogP contribution is 2.28. The molecule has 1 aromatic heterocycles. The highest BCUT2D eigenvalue weighted by atomic mass is 35.5. The molecule has 0 aliphatic heterocycles. The number of anilines is 1. The predicted octanol–water partition coefficient (Wildman–Crippen LogP) is 3.12. The SMILES string of the molecule is COc1ccc(NCc2cnc(Cl)s2)c(O)c1. The summed E-state index contributed by atoms with van der Waals surface area (Å²) in [5.74, 6) is 0.772. The first kappa shape index (κ1) is 12.0. The summed E-state index contributed by atoms with van der Waals surface area (Å²) in [4.78, 5) is 4.94. The van der Waals surface area contributed by atoms with Crippen LogP contribution in [0.5, 0.6) is 11.5 Å². The first-order valence-corrected chi connectivity index (χ1v) is 6.09. The maximum atomic E-state index is 9.72. The molecule has 4 nitrogen and oxygen atoms in total. The minimum Gasteiger partial charge on any atom is -0.506 e. The van der Waals surface area contributed by atoms with Gasteiger partial charge in [-0.1, -0.05) is 11.6 Å². The molecule has 1 heterocycles. The van der Waals surface area contributed by atoms with Gasteiger partial charge in [0.15, 0.2) is 4.47 Å². The monoisotopic (exact) mass is 270 g/mol. The van der Waals surface area contributed by atoms with Gasteiger partial charge in [0, 0.05) is 17.1 Å². The molecule has 0 saturated carbocycles. The number of hydrogen-bond donors (Lipinski definition) is 2. The average molecular weight is 271 g/mol. The molecular weight excluding hydrogens is 260 g/mol. The van der Waals surface area contributed by atoms with Crippen molar-refractivity contribution in [3.05, 3.63) is 33.7 Å². The molecule has 0 aliphatic rings. The second kappa shape index (κ2) is 5.25. The molecule has 0 radical (unpaired) electrons. The molecule has 90 valence electrons. The van der Waals surface area contributed by atoms with Gasteiger partial charge in [0.25, 0.3) is 0 Å². The summed E-state index contributed by atoms with van der Waals surface area (Å²) in [5.41, 5.74) is 0.648. The van der Waals surface area contributed by atoms with Gasteiger partial charge in [-0.05, 0) is 12.1 Å². The number of halogens is 1. The fraction of sp³-hybridized carbons (Fsp3) is 0.182. The van der Waals surface area contributed by atoms with Crippen molar-refractivity contribution < 1.29 is 9.84 Å². The summed E-state index contributed by atoms with van der Waals surface area (Å²) in [5, 5.41) is 12.8. The molecule has 2 aromatic rings. The Bertz CT molecular complexity index is 516.